The van der Waals surface area contributed by atoms with Crippen molar-refractivity contribution in [1.82, 2.24) is 0 Å². The van der Waals surface area contributed by atoms with Crippen LogP contribution in [0.5, 0.6) is 0 Å². The standard InChI is InChI=1S/C17H21ISi/c1-12-10-14(11-17(18)19(3,4)5)13(2)16-9-7-6-8-15(12)16/h6-11H,1-5H3/b17-11-. The zero-order valence-corrected chi connectivity index (χ0v) is 15.5. The van der Waals surface area contributed by atoms with Gasteiger partial charge in [-0.25, -0.2) is 0 Å². The summed E-state index contributed by atoms with van der Waals surface area (Å²) in [4.78, 5) is 0. The number of halogens is 1. The Morgan fingerprint density at radius 3 is 2.21 bits per heavy atom. The lowest BCUT2D eigenvalue weighted by Crippen LogP contribution is -2.20. The van der Waals surface area contributed by atoms with E-state index in [1.807, 2.05) is 0 Å². The molecule has 0 bridgehead atoms. The van der Waals surface area contributed by atoms with E-state index in [1.54, 1.807) is 0 Å². The van der Waals surface area contributed by atoms with Crippen LogP contribution in [-0.4, -0.2) is 8.07 Å². The molecule has 0 saturated heterocycles. The SMILES string of the molecule is Cc1cc(/C=C(/I)[Si](C)(C)C)c(C)c2ccccc12. The van der Waals surface area contributed by atoms with Crippen molar-refractivity contribution in [3.63, 3.8) is 0 Å². The van der Waals surface area contributed by atoms with Gasteiger partial charge in [0.2, 0.25) is 0 Å². The topological polar surface area (TPSA) is 0 Å². The fraction of sp³-hybridized carbons (Fsp3) is 0.294. The first-order valence-electron chi connectivity index (χ1n) is 6.67. The van der Waals surface area contributed by atoms with Crippen molar-refractivity contribution < 1.29 is 0 Å². The Morgan fingerprint density at radius 2 is 1.63 bits per heavy atom. The van der Waals surface area contributed by atoms with Gasteiger partial charge in [-0.15, -0.1) is 0 Å². The Bertz CT molecular complexity index is 648. The van der Waals surface area contributed by atoms with E-state index in [9.17, 15) is 0 Å². The van der Waals surface area contributed by atoms with Crippen LogP contribution < -0.4 is 0 Å². The highest BCUT2D eigenvalue weighted by molar-refractivity contribution is 14.1. The molecule has 0 aliphatic heterocycles. The molecule has 0 spiro atoms. The summed E-state index contributed by atoms with van der Waals surface area (Å²) in [5.41, 5.74) is 4.14. The lowest BCUT2D eigenvalue weighted by molar-refractivity contribution is 1.43. The molecule has 0 unspecified atom stereocenters. The molecule has 0 amide bonds. The number of aryl methyl sites for hydroxylation is 2. The average Bonchev–Trinajstić information content (AvgIpc) is 2.34. The first-order chi connectivity index (χ1) is 8.80. The third-order valence-electron chi connectivity index (χ3n) is 3.56. The predicted octanol–water partition coefficient (Wildman–Crippen LogP) is 6.11. The molecule has 0 aliphatic rings. The van der Waals surface area contributed by atoms with E-state index < -0.39 is 8.07 Å². The van der Waals surface area contributed by atoms with Crippen molar-refractivity contribution in [2.45, 2.75) is 33.5 Å². The Hall–Kier alpha value is -0.613. The molecule has 2 heteroatoms. The van der Waals surface area contributed by atoms with Crippen molar-refractivity contribution in [3.8, 4) is 0 Å². The van der Waals surface area contributed by atoms with Gasteiger partial charge in [0, 0.05) is 0 Å². The molecule has 2 aromatic rings. The van der Waals surface area contributed by atoms with Crippen LogP contribution in [0, 0.1) is 13.8 Å². The van der Waals surface area contributed by atoms with Crippen LogP contribution in [0.15, 0.2) is 33.5 Å². The molecule has 2 aromatic carbocycles. The van der Waals surface area contributed by atoms with Gasteiger partial charge in [0.15, 0.2) is 0 Å². The smallest absolute Gasteiger partial charge is 0.0652 e. The zero-order chi connectivity index (χ0) is 14.2. The summed E-state index contributed by atoms with van der Waals surface area (Å²) in [5, 5.41) is 2.76. The number of hydrogen-bond donors (Lipinski definition) is 0. The van der Waals surface area contributed by atoms with Gasteiger partial charge in [0.25, 0.3) is 0 Å². The van der Waals surface area contributed by atoms with Crippen LogP contribution in [0.2, 0.25) is 19.6 Å². The molecule has 0 saturated carbocycles. The fourth-order valence-corrected chi connectivity index (χ4v) is 3.16. The summed E-state index contributed by atoms with van der Waals surface area (Å²) in [6, 6.07) is 11.0. The maximum Gasteiger partial charge on any atom is 0.0854 e. The van der Waals surface area contributed by atoms with Gasteiger partial charge in [0.05, 0.1) is 8.07 Å². The van der Waals surface area contributed by atoms with Crippen molar-refractivity contribution in [3.05, 3.63) is 50.2 Å². The van der Waals surface area contributed by atoms with Gasteiger partial charge in [-0.1, -0.05) is 72.6 Å². The third kappa shape index (κ3) is 3.11. The van der Waals surface area contributed by atoms with Crippen molar-refractivity contribution >= 4 is 47.5 Å². The molecule has 0 heterocycles. The zero-order valence-electron chi connectivity index (χ0n) is 12.3. The second-order valence-corrected chi connectivity index (χ2v) is 13.4. The third-order valence-corrected chi connectivity index (χ3v) is 10.3. The number of rotatable bonds is 2. The second kappa shape index (κ2) is 5.41. The minimum absolute atomic E-state index is 1.20. The second-order valence-electron chi connectivity index (χ2n) is 6.20. The van der Waals surface area contributed by atoms with Crippen LogP contribution >= 0.6 is 22.6 Å². The summed E-state index contributed by atoms with van der Waals surface area (Å²) in [7, 11) is -1.20. The Morgan fingerprint density at radius 1 is 1.05 bits per heavy atom. The quantitative estimate of drug-likeness (QED) is 0.436. The predicted molar refractivity (Wildman–Crippen MR) is 98.8 cm³/mol. The molecule has 2 rings (SSSR count). The van der Waals surface area contributed by atoms with E-state index in [4.69, 9.17) is 0 Å². The van der Waals surface area contributed by atoms with Crippen LogP contribution in [0.1, 0.15) is 16.7 Å². The highest BCUT2D eigenvalue weighted by Gasteiger charge is 2.17. The van der Waals surface area contributed by atoms with E-state index in [0.29, 0.717) is 0 Å². The normalized spacial score (nSPS) is 13.1. The maximum absolute atomic E-state index is 2.53. The molecule has 0 atom stereocenters. The molecule has 19 heavy (non-hydrogen) atoms. The largest absolute Gasteiger partial charge is 0.0854 e. The van der Waals surface area contributed by atoms with Crippen LogP contribution in [-0.2, 0) is 0 Å². The molecule has 0 nitrogen and oxygen atoms in total. The Kier molecular flexibility index (Phi) is 4.21. The van der Waals surface area contributed by atoms with Crippen molar-refractivity contribution in [2.75, 3.05) is 0 Å². The molecule has 0 aliphatic carbocycles. The molecule has 0 N–H and O–H groups in total. The maximum atomic E-state index is 2.53. The van der Waals surface area contributed by atoms with Crippen LogP contribution in [0.25, 0.3) is 16.8 Å². The van der Waals surface area contributed by atoms with Gasteiger partial charge in [-0.05, 0) is 50.6 Å². The highest BCUT2D eigenvalue weighted by atomic mass is 127. The monoisotopic (exact) mass is 380 g/mol. The van der Waals surface area contributed by atoms with Crippen molar-refractivity contribution in [2.24, 2.45) is 0 Å². The summed E-state index contributed by atoms with van der Waals surface area (Å²) in [6.45, 7) is 11.6. The molecule has 100 valence electrons. The molecule has 0 fully saturated rings. The van der Waals surface area contributed by atoms with Gasteiger partial charge in [-0.3, -0.25) is 0 Å². The average molecular weight is 380 g/mol. The van der Waals surface area contributed by atoms with E-state index in [-0.39, 0.29) is 0 Å². The molecular formula is C17H21ISi. The molecule has 0 radical (unpaired) electrons. The molecule has 0 aromatic heterocycles. The van der Waals surface area contributed by atoms with E-state index >= 15 is 0 Å². The van der Waals surface area contributed by atoms with Gasteiger partial charge < -0.3 is 0 Å². The van der Waals surface area contributed by atoms with Crippen molar-refractivity contribution in [1.29, 1.82) is 0 Å². The Labute approximate surface area is 131 Å². The minimum Gasteiger partial charge on any atom is -0.0652 e. The minimum atomic E-state index is -1.20. The van der Waals surface area contributed by atoms with Gasteiger partial charge in [0.1, 0.15) is 0 Å². The highest BCUT2D eigenvalue weighted by Crippen LogP contribution is 2.30. The number of hydrogen-bond acceptors (Lipinski definition) is 0. The van der Waals surface area contributed by atoms with E-state index in [0.717, 1.165) is 0 Å². The van der Waals surface area contributed by atoms with Crippen LogP contribution in [0.3, 0.4) is 0 Å². The number of benzene rings is 2. The Balaban J connectivity index is 2.67. The first kappa shape index (κ1) is 14.8. The van der Waals surface area contributed by atoms with Gasteiger partial charge in [-0.2, -0.15) is 0 Å². The van der Waals surface area contributed by atoms with E-state index in [2.05, 4.69) is 92.5 Å². The summed E-state index contributed by atoms with van der Waals surface area (Å²) < 4.78 is 1.53. The summed E-state index contributed by atoms with van der Waals surface area (Å²) in [6.07, 6.45) is 2.39. The molecular weight excluding hydrogens is 359 g/mol. The summed E-state index contributed by atoms with van der Waals surface area (Å²) in [5.74, 6) is 0. The first-order valence-corrected chi connectivity index (χ1v) is 11.2. The lowest BCUT2D eigenvalue weighted by atomic mass is 9.96. The lowest BCUT2D eigenvalue weighted by Gasteiger charge is -2.17. The number of fused-ring (bicyclic) bond motifs is 1. The van der Waals surface area contributed by atoms with Gasteiger partial charge >= 0.3 is 0 Å². The van der Waals surface area contributed by atoms with Crippen LogP contribution in [0.4, 0.5) is 0 Å². The van der Waals surface area contributed by atoms with E-state index in [1.165, 1.54) is 30.7 Å². The summed E-state index contributed by atoms with van der Waals surface area (Å²) >= 11 is 2.53. The fourth-order valence-electron chi connectivity index (χ4n) is 2.23.